The number of benzene rings is 1. The van der Waals surface area contributed by atoms with Crippen molar-refractivity contribution < 1.29 is 19.5 Å². The summed E-state index contributed by atoms with van der Waals surface area (Å²) in [6, 6.07) is 7.60. The minimum atomic E-state index is -0.597. The highest BCUT2D eigenvalue weighted by atomic mass is 16.5. The molecule has 1 saturated carbocycles. The van der Waals surface area contributed by atoms with E-state index >= 15 is 0 Å². The van der Waals surface area contributed by atoms with Crippen molar-refractivity contribution in [2.45, 2.75) is 58.7 Å². The van der Waals surface area contributed by atoms with Gasteiger partial charge in [0.05, 0.1) is 23.1 Å². The van der Waals surface area contributed by atoms with Crippen molar-refractivity contribution >= 4 is 0 Å². The van der Waals surface area contributed by atoms with Gasteiger partial charge in [-0.3, -0.25) is 0 Å². The van der Waals surface area contributed by atoms with Crippen LogP contribution in [0, 0.1) is 26.7 Å². The first-order valence-electron chi connectivity index (χ1n) is 11.9. The quantitative estimate of drug-likeness (QED) is 0.440. The van der Waals surface area contributed by atoms with Gasteiger partial charge in [-0.15, -0.1) is 0 Å². The Morgan fingerprint density at radius 1 is 1.21 bits per heavy atom. The minimum absolute atomic E-state index is 0.189. The van der Waals surface area contributed by atoms with Crippen LogP contribution in [0.25, 0.3) is 22.6 Å². The van der Waals surface area contributed by atoms with Crippen molar-refractivity contribution in [1.29, 1.82) is 0 Å². The molecule has 2 aromatic heterocycles. The molecule has 0 amide bonds. The molecule has 0 radical (unpaired) electrons. The number of nitrogens with zero attached hydrogens (tertiary/aromatic N) is 3. The fraction of sp³-hybridized carbons (Fsp3) is 0.500. The first-order valence-corrected chi connectivity index (χ1v) is 11.9. The monoisotopic (exact) mass is 466 g/mol. The standard InChI is InChI=1S/C26H34N4O4/c1-15-22(12-18-7-6-10-23(18)32)28-26(29-25(15)24-16(2)30-34-17(24)3)19-8-5-9-21(11-19)33-14-20(31)13-27-4/h5,8-9,11,18,20,23,27,31-32H,6-7,10,12-14H2,1-4H3/t18-,20?,23-/m1/s1. The van der Waals surface area contributed by atoms with Gasteiger partial charge in [-0.05, 0) is 70.7 Å². The maximum Gasteiger partial charge on any atom is 0.160 e. The molecule has 34 heavy (non-hydrogen) atoms. The number of hydrogen-bond acceptors (Lipinski definition) is 8. The lowest BCUT2D eigenvalue weighted by atomic mass is 9.94. The molecule has 3 aromatic rings. The first kappa shape index (κ1) is 24.3. The van der Waals surface area contributed by atoms with Crippen molar-refractivity contribution in [2.75, 3.05) is 20.2 Å². The highest BCUT2D eigenvalue weighted by molar-refractivity contribution is 5.71. The Kier molecular flexibility index (Phi) is 7.60. The van der Waals surface area contributed by atoms with E-state index in [9.17, 15) is 10.2 Å². The average Bonchev–Trinajstić information content (AvgIpc) is 3.38. The average molecular weight is 467 g/mol. The summed E-state index contributed by atoms with van der Waals surface area (Å²) in [6.07, 6.45) is 2.69. The molecule has 8 heteroatoms. The molecule has 3 atom stereocenters. The maximum atomic E-state index is 10.4. The van der Waals surface area contributed by atoms with Gasteiger partial charge in [-0.2, -0.15) is 0 Å². The molecule has 1 aromatic carbocycles. The van der Waals surface area contributed by atoms with Crippen LogP contribution < -0.4 is 10.1 Å². The van der Waals surface area contributed by atoms with Gasteiger partial charge in [0.1, 0.15) is 24.2 Å². The van der Waals surface area contributed by atoms with Crippen molar-refractivity contribution in [3.8, 4) is 28.4 Å². The molecule has 0 aliphatic heterocycles. The zero-order chi connectivity index (χ0) is 24.2. The summed E-state index contributed by atoms with van der Waals surface area (Å²) in [7, 11) is 1.79. The van der Waals surface area contributed by atoms with E-state index < -0.39 is 6.10 Å². The molecule has 8 nitrogen and oxygen atoms in total. The number of ether oxygens (including phenoxy) is 1. The molecular weight excluding hydrogens is 432 g/mol. The van der Waals surface area contributed by atoms with E-state index in [1.807, 2.05) is 45.0 Å². The minimum Gasteiger partial charge on any atom is -0.491 e. The van der Waals surface area contributed by atoms with E-state index in [2.05, 4.69) is 10.5 Å². The molecule has 1 aliphatic carbocycles. The largest absolute Gasteiger partial charge is 0.491 e. The van der Waals surface area contributed by atoms with Crippen LogP contribution in [-0.2, 0) is 6.42 Å². The number of aromatic nitrogens is 3. The number of aryl methyl sites for hydroxylation is 2. The van der Waals surface area contributed by atoms with E-state index in [1.54, 1.807) is 7.05 Å². The normalized spacial score (nSPS) is 18.9. The van der Waals surface area contributed by atoms with E-state index in [-0.39, 0.29) is 18.6 Å². The lowest BCUT2D eigenvalue weighted by Crippen LogP contribution is -2.29. The molecule has 0 saturated heterocycles. The predicted octanol–water partition coefficient (Wildman–Crippen LogP) is 3.39. The van der Waals surface area contributed by atoms with E-state index in [1.165, 1.54) is 0 Å². The smallest absolute Gasteiger partial charge is 0.160 e. The second kappa shape index (κ2) is 10.6. The first-order chi connectivity index (χ1) is 16.4. The van der Waals surface area contributed by atoms with Crippen LogP contribution in [0.5, 0.6) is 5.75 Å². The van der Waals surface area contributed by atoms with Gasteiger partial charge in [0.2, 0.25) is 0 Å². The van der Waals surface area contributed by atoms with Crippen LogP contribution in [0.2, 0.25) is 0 Å². The van der Waals surface area contributed by atoms with Gasteiger partial charge in [0, 0.05) is 17.8 Å². The van der Waals surface area contributed by atoms with Crippen LogP contribution in [0.3, 0.4) is 0 Å². The van der Waals surface area contributed by atoms with Gasteiger partial charge < -0.3 is 24.8 Å². The van der Waals surface area contributed by atoms with Crippen molar-refractivity contribution in [3.63, 3.8) is 0 Å². The number of aliphatic hydroxyl groups excluding tert-OH is 2. The number of aliphatic hydroxyl groups is 2. The maximum absolute atomic E-state index is 10.4. The molecular formula is C26H34N4O4. The van der Waals surface area contributed by atoms with Gasteiger partial charge in [0.15, 0.2) is 5.82 Å². The van der Waals surface area contributed by atoms with Crippen molar-refractivity contribution in [3.05, 3.63) is 47.0 Å². The van der Waals surface area contributed by atoms with Gasteiger partial charge >= 0.3 is 0 Å². The molecule has 0 bridgehead atoms. The summed E-state index contributed by atoms with van der Waals surface area (Å²) >= 11 is 0. The SMILES string of the molecule is CNCC(O)COc1cccc(-c2nc(C[C@H]3CCC[C@H]3O)c(C)c(-c3c(C)noc3C)n2)c1. The molecule has 2 heterocycles. The van der Waals surface area contributed by atoms with E-state index in [0.29, 0.717) is 30.3 Å². The molecule has 1 fully saturated rings. The van der Waals surface area contributed by atoms with Crippen molar-refractivity contribution in [2.24, 2.45) is 5.92 Å². The Morgan fingerprint density at radius 2 is 2.03 bits per heavy atom. The Balaban J connectivity index is 1.73. The van der Waals surface area contributed by atoms with Crippen molar-refractivity contribution in [1.82, 2.24) is 20.4 Å². The zero-order valence-corrected chi connectivity index (χ0v) is 20.3. The summed E-state index contributed by atoms with van der Waals surface area (Å²) < 4.78 is 11.2. The summed E-state index contributed by atoms with van der Waals surface area (Å²) in [5.41, 5.74) is 5.22. The highest BCUT2D eigenvalue weighted by Gasteiger charge is 2.28. The number of hydrogen-bond donors (Lipinski definition) is 3. The molecule has 1 unspecified atom stereocenters. The molecule has 4 rings (SSSR count). The molecule has 1 aliphatic rings. The number of likely N-dealkylation sites (N-methyl/N-ethyl adjacent to an activating group) is 1. The lowest BCUT2D eigenvalue weighted by Gasteiger charge is -2.18. The topological polar surface area (TPSA) is 114 Å². The highest BCUT2D eigenvalue weighted by Crippen LogP contribution is 2.35. The van der Waals surface area contributed by atoms with Crippen LogP contribution >= 0.6 is 0 Å². The summed E-state index contributed by atoms with van der Waals surface area (Å²) in [5, 5.41) is 27.5. The zero-order valence-electron chi connectivity index (χ0n) is 20.3. The lowest BCUT2D eigenvalue weighted by molar-refractivity contribution is 0.108. The van der Waals surface area contributed by atoms with Crippen LogP contribution in [0.15, 0.2) is 28.8 Å². The Bertz CT molecular complexity index is 1110. The summed E-state index contributed by atoms with van der Waals surface area (Å²) in [6.45, 7) is 6.48. The second-order valence-corrected chi connectivity index (χ2v) is 9.18. The third-order valence-electron chi connectivity index (χ3n) is 6.57. The molecule has 182 valence electrons. The van der Waals surface area contributed by atoms with Crippen LogP contribution in [0.1, 0.15) is 42.0 Å². The summed E-state index contributed by atoms with van der Waals surface area (Å²) in [5.74, 6) is 2.14. The third kappa shape index (κ3) is 5.29. The second-order valence-electron chi connectivity index (χ2n) is 9.18. The van der Waals surface area contributed by atoms with Crippen LogP contribution in [0.4, 0.5) is 0 Å². The Morgan fingerprint density at radius 3 is 2.71 bits per heavy atom. The molecule has 3 N–H and O–H groups in total. The molecule has 0 spiro atoms. The number of nitrogens with one attached hydrogen (secondary N) is 1. The van der Waals surface area contributed by atoms with Crippen LogP contribution in [-0.4, -0.2) is 57.7 Å². The van der Waals surface area contributed by atoms with E-state index in [0.717, 1.165) is 53.0 Å². The fourth-order valence-electron chi connectivity index (χ4n) is 4.67. The van der Waals surface area contributed by atoms with Gasteiger partial charge in [-0.25, -0.2) is 9.97 Å². The third-order valence-corrected chi connectivity index (χ3v) is 6.57. The predicted molar refractivity (Wildman–Crippen MR) is 130 cm³/mol. The van der Waals surface area contributed by atoms with Gasteiger partial charge in [-0.1, -0.05) is 23.7 Å². The summed E-state index contributed by atoms with van der Waals surface area (Å²) in [4.78, 5) is 9.89. The Hall–Kier alpha value is -2.81. The van der Waals surface area contributed by atoms with Gasteiger partial charge in [0.25, 0.3) is 0 Å². The number of rotatable bonds is 9. The Labute approximate surface area is 200 Å². The van der Waals surface area contributed by atoms with E-state index in [4.69, 9.17) is 19.2 Å². The fourth-order valence-corrected chi connectivity index (χ4v) is 4.67.